The summed E-state index contributed by atoms with van der Waals surface area (Å²) in [5, 5.41) is 2.44. The Balaban J connectivity index is 1.13. The molecule has 1 aromatic heterocycles. The standard InChI is InChI=1S/C55H36N2O/c1-3-17-37(18-4-1)41-21-9-14-28-50(41)56(39-31-33-45-44-24-10-15-29-51(44)57(52(45)35-39)38-19-5-2-6-20-38)40-32-34-49-54(36-40)58-53-30-16-13-27-48(53)55(49)46-25-11-7-22-42(46)43-23-8-12-26-47(43)55/h1-36H. The van der Waals surface area contributed by atoms with Crippen LogP contribution in [0.2, 0.25) is 0 Å². The van der Waals surface area contributed by atoms with E-state index in [4.69, 9.17) is 4.74 Å². The fourth-order valence-corrected chi connectivity index (χ4v) is 9.90. The summed E-state index contributed by atoms with van der Waals surface area (Å²) in [5.74, 6) is 1.73. The molecule has 1 aliphatic heterocycles. The molecule has 0 saturated heterocycles. The number of ether oxygens (including phenoxy) is 1. The highest BCUT2D eigenvalue weighted by molar-refractivity contribution is 6.10. The first-order valence-electron chi connectivity index (χ1n) is 19.9. The normalized spacial score (nSPS) is 13.1. The second kappa shape index (κ2) is 12.7. The van der Waals surface area contributed by atoms with Crippen LogP contribution in [0.15, 0.2) is 218 Å². The maximum Gasteiger partial charge on any atom is 0.134 e. The van der Waals surface area contributed by atoms with E-state index in [0.29, 0.717) is 0 Å². The summed E-state index contributed by atoms with van der Waals surface area (Å²) in [7, 11) is 0. The van der Waals surface area contributed by atoms with E-state index in [-0.39, 0.29) is 0 Å². The van der Waals surface area contributed by atoms with Crippen LogP contribution in [0.5, 0.6) is 11.5 Å². The van der Waals surface area contributed by atoms with Crippen molar-refractivity contribution in [3.63, 3.8) is 0 Å². The first-order valence-corrected chi connectivity index (χ1v) is 19.9. The molecular formula is C55H36N2O. The fourth-order valence-electron chi connectivity index (χ4n) is 9.90. The average Bonchev–Trinajstić information content (AvgIpc) is 3.78. The van der Waals surface area contributed by atoms with Crippen LogP contribution in [-0.2, 0) is 5.41 Å². The summed E-state index contributed by atoms with van der Waals surface area (Å²) in [6.45, 7) is 0. The molecule has 2 heterocycles. The van der Waals surface area contributed by atoms with Gasteiger partial charge in [-0.2, -0.15) is 0 Å². The number of aromatic nitrogens is 1. The molecule has 0 amide bonds. The Morgan fingerprint density at radius 3 is 1.71 bits per heavy atom. The lowest BCUT2D eigenvalue weighted by Crippen LogP contribution is -2.32. The summed E-state index contributed by atoms with van der Waals surface area (Å²) >= 11 is 0. The Kier molecular flexibility index (Phi) is 7.14. The maximum absolute atomic E-state index is 7.03. The van der Waals surface area contributed by atoms with Crippen LogP contribution in [0.4, 0.5) is 17.1 Å². The Bertz CT molecular complexity index is 3170. The molecule has 1 spiro atoms. The van der Waals surface area contributed by atoms with E-state index < -0.39 is 5.41 Å². The van der Waals surface area contributed by atoms with Gasteiger partial charge in [-0.1, -0.05) is 164 Å². The second-order valence-electron chi connectivity index (χ2n) is 15.2. The van der Waals surface area contributed by atoms with E-state index in [1.807, 2.05) is 0 Å². The second-order valence-corrected chi connectivity index (χ2v) is 15.2. The third-order valence-corrected chi connectivity index (χ3v) is 12.3. The molecule has 0 bridgehead atoms. The molecule has 3 nitrogen and oxygen atoms in total. The largest absolute Gasteiger partial charge is 0.457 e. The molecule has 0 radical (unpaired) electrons. The Hall–Kier alpha value is -7.62. The van der Waals surface area contributed by atoms with E-state index in [9.17, 15) is 0 Å². The Morgan fingerprint density at radius 1 is 0.379 bits per heavy atom. The van der Waals surface area contributed by atoms with E-state index in [1.54, 1.807) is 0 Å². The highest BCUT2D eigenvalue weighted by Crippen LogP contribution is 2.62. The predicted octanol–water partition coefficient (Wildman–Crippen LogP) is 14.4. The van der Waals surface area contributed by atoms with E-state index in [0.717, 1.165) is 62.0 Å². The molecule has 0 atom stereocenters. The zero-order valence-electron chi connectivity index (χ0n) is 31.6. The minimum atomic E-state index is -0.530. The number of rotatable bonds is 5. The van der Waals surface area contributed by atoms with Crippen LogP contribution in [0.3, 0.4) is 0 Å². The lowest BCUT2D eigenvalue weighted by Gasteiger charge is -2.40. The van der Waals surface area contributed by atoms with Gasteiger partial charge in [0, 0.05) is 50.6 Å². The van der Waals surface area contributed by atoms with Gasteiger partial charge in [-0.25, -0.2) is 0 Å². The minimum Gasteiger partial charge on any atom is -0.457 e. The van der Waals surface area contributed by atoms with Crippen LogP contribution < -0.4 is 9.64 Å². The molecule has 58 heavy (non-hydrogen) atoms. The van der Waals surface area contributed by atoms with Gasteiger partial charge in [0.15, 0.2) is 0 Å². The highest BCUT2D eigenvalue weighted by Gasteiger charge is 2.51. The predicted molar refractivity (Wildman–Crippen MR) is 238 cm³/mol. The third kappa shape index (κ3) is 4.62. The fraction of sp³-hybridized carbons (Fsp3) is 0.0182. The van der Waals surface area contributed by atoms with Crippen LogP contribution in [0, 0.1) is 0 Å². The maximum atomic E-state index is 7.03. The molecule has 10 aromatic rings. The van der Waals surface area contributed by atoms with Crippen LogP contribution in [-0.4, -0.2) is 4.57 Å². The zero-order valence-corrected chi connectivity index (χ0v) is 31.6. The molecule has 0 saturated carbocycles. The van der Waals surface area contributed by atoms with Gasteiger partial charge >= 0.3 is 0 Å². The van der Waals surface area contributed by atoms with Crippen molar-refractivity contribution >= 4 is 38.9 Å². The smallest absolute Gasteiger partial charge is 0.134 e. The van der Waals surface area contributed by atoms with Crippen LogP contribution in [0.25, 0.3) is 49.7 Å². The molecule has 3 heteroatoms. The van der Waals surface area contributed by atoms with Crippen molar-refractivity contribution in [2.24, 2.45) is 0 Å². The summed E-state index contributed by atoms with van der Waals surface area (Å²) in [5.41, 5.74) is 15.8. The van der Waals surface area contributed by atoms with E-state index in [1.165, 1.54) is 38.5 Å². The SMILES string of the molecule is c1ccc(-c2ccccc2N(c2ccc3c(c2)Oc2ccccc2C32c3ccccc3-c3ccccc32)c2ccc3c4ccccc4n(-c4ccccc4)c3c2)cc1. The molecule has 272 valence electrons. The molecular weight excluding hydrogens is 705 g/mol. The summed E-state index contributed by atoms with van der Waals surface area (Å²) in [6, 6.07) is 79.0. The third-order valence-electron chi connectivity index (χ3n) is 12.3. The minimum absolute atomic E-state index is 0.530. The van der Waals surface area contributed by atoms with Crippen molar-refractivity contribution in [3.05, 3.63) is 241 Å². The Morgan fingerprint density at radius 2 is 0.931 bits per heavy atom. The van der Waals surface area contributed by atoms with Crippen molar-refractivity contribution in [3.8, 4) is 39.4 Å². The molecule has 12 rings (SSSR count). The quantitative estimate of drug-likeness (QED) is 0.175. The number of anilines is 3. The highest BCUT2D eigenvalue weighted by atomic mass is 16.5. The van der Waals surface area contributed by atoms with Crippen molar-refractivity contribution in [1.29, 1.82) is 0 Å². The van der Waals surface area contributed by atoms with Gasteiger partial charge in [0.1, 0.15) is 11.5 Å². The first-order chi connectivity index (χ1) is 28.8. The van der Waals surface area contributed by atoms with Gasteiger partial charge in [0.2, 0.25) is 0 Å². The molecule has 0 fully saturated rings. The van der Waals surface area contributed by atoms with Gasteiger partial charge in [-0.15, -0.1) is 0 Å². The first kappa shape index (κ1) is 32.6. The summed E-state index contributed by atoms with van der Waals surface area (Å²) in [6.07, 6.45) is 0. The topological polar surface area (TPSA) is 17.4 Å². The average molecular weight is 741 g/mol. The van der Waals surface area contributed by atoms with Gasteiger partial charge in [-0.3, -0.25) is 0 Å². The number of para-hydroxylation sites is 4. The number of benzene rings is 9. The molecule has 9 aromatic carbocycles. The van der Waals surface area contributed by atoms with Crippen LogP contribution in [0.1, 0.15) is 22.3 Å². The Labute approximate surface area is 337 Å². The van der Waals surface area contributed by atoms with Crippen molar-refractivity contribution in [2.45, 2.75) is 5.41 Å². The van der Waals surface area contributed by atoms with Gasteiger partial charge in [0.05, 0.1) is 22.1 Å². The summed E-state index contributed by atoms with van der Waals surface area (Å²) in [4.78, 5) is 2.40. The van der Waals surface area contributed by atoms with Crippen molar-refractivity contribution in [2.75, 3.05) is 4.90 Å². The number of hydrogen-bond donors (Lipinski definition) is 0. The van der Waals surface area contributed by atoms with E-state index >= 15 is 0 Å². The lowest BCUT2D eigenvalue weighted by molar-refractivity contribution is 0.436. The van der Waals surface area contributed by atoms with Gasteiger partial charge in [0.25, 0.3) is 0 Å². The lowest BCUT2D eigenvalue weighted by atomic mass is 9.66. The van der Waals surface area contributed by atoms with Gasteiger partial charge < -0.3 is 14.2 Å². The van der Waals surface area contributed by atoms with Crippen molar-refractivity contribution < 1.29 is 4.74 Å². The zero-order chi connectivity index (χ0) is 38.2. The monoisotopic (exact) mass is 740 g/mol. The summed E-state index contributed by atoms with van der Waals surface area (Å²) < 4.78 is 9.42. The number of fused-ring (bicyclic) bond motifs is 12. The molecule has 2 aliphatic rings. The van der Waals surface area contributed by atoms with E-state index in [2.05, 4.69) is 228 Å². The van der Waals surface area contributed by atoms with Gasteiger partial charge in [-0.05, 0) is 76.3 Å². The number of nitrogens with zero attached hydrogens (tertiary/aromatic N) is 2. The number of hydrogen-bond acceptors (Lipinski definition) is 2. The molecule has 1 aliphatic carbocycles. The molecule has 0 N–H and O–H groups in total. The van der Waals surface area contributed by atoms with Crippen LogP contribution >= 0.6 is 0 Å². The van der Waals surface area contributed by atoms with Crippen molar-refractivity contribution in [1.82, 2.24) is 4.57 Å². The molecule has 0 unspecified atom stereocenters.